The molecule has 1 aromatic heterocycles. The number of unbranched alkanes of at least 4 members (excludes halogenated alkanes) is 1. The van der Waals surface area contributed by atoms with E-state index in [0.29, 0.717) is 12.2 Å². The number of ether oxygens (including phenoxy) is 1. The second kappa shape index (κ2) is 10.3. The van der Waals surface area contributed by atoms with Crippen LogP contribution in [0.4, 0.5) is 4.39 Å². The van der Waals surface area contributed by atoms with Crippen molar-refractivity contribution in [3.8, 4) is 6.07 Å². The summed E-state index contributed by atoms with van der Waals surface area (Å²) in [5, 5.41) is 10.6. The summed E-state index contributed by atoms with van der Waals surface area (Å²) in [6, 6.07) is 21.2. The fraction of sp³-hybridized carbons (Fsp3) is 0.323. The second-order valence-electron chi connectivity index (χ2n) is 9.98. The predicted octanol–water partition coefficient (Wildman–Crippen LogP) is 6.61. The van der Waals surface area contributed by atoms with Crippen molar-refractivity contribution in [2.45, 2.75) is 44.8 Å². The Labute approximate surface area is 212 Å². The maximum atomic E-state index is 13.7. The predicted molar refractivity (Wildman–Crippen MR) is 141 cm³/mol. The molecule has 0 saturated carbocycles. The zero-order valence-corrected chi connectivity index (χ0v) is 21.0. The lowest BCUT2D eigenvalue weighted by molar-refractivity contribution is -0.0136. The van der Waals surface area contributed by atoms with Crippen molar-refractivity contribution < 1.29 is 9.13 Å². The van der Waals surface area contributed by atoms with E-state index in [4.69, 9.17) is 4.74 Å². The van der Waals surface area contributed by atoms with Gasteiger partial charge in [0.25, 0.3) is 0 Å². The summed E-state index contributed by atoms with van der Waals surface area (Å²) in [7, 11) is 2.18. The number of aromatic amines is 1. The molecule has 0 fully saturated rings. The fourth-order valence-electron chi connectivity index (χ4n) is 5.44. The van der Waals surface area contributed by atoms with Gasteiger partial charge in [-0.05, 0) is 105 Å². The third-order valence-electron chi connectivity index (χ3n) is 7.46. The average molecular weight is 482 g/mol. The number of likely N-dealkylation sites (N-methyl/N-ethyl adjacent to an activating group) is 1. The van der Waals surface area contributed by atoms with Crippen LogP contribution in [0.1, 0.15) is 52.6 Å². The molecule has 0 aliphatic carbocycles. The molecule has 5 rings (SSSR count). The molecule has 1 atom stereocenters. The lowest BCUT2D eigenvalue weighted by atomic mass is 9.81. The number of aryl methyl sites for hydroxylation is 1. The van der Waals surface area contributed by atoms with E-state index in [9.17, 15) is 9.65 Å². The van der Waals surface area contributed by atoms with Crippen molar-refractivity contribution in [3.63, 3.8) is 0 Å². The van der Waals surface area contributed by atoms with E-state index >= 15 is 0 Å². The monoisotopic (exact) mass is 481 g/mol. The highest BCUT2D eigenvalue weighted by Gasteiger charge is 2.41. The molecule has 0 saturated heterocycles. The van der Waals surface area contributed by atoms with E-state index in [1.54, 1.807) is 0 Å². The first-order valence-corrected chi connectivity index (χ1v) is 12.7. The van der Waals surface area contributed by atoms with Gasteiger partial charge in [0.2, 0.25) is 0 Å². The minimum Gasteiger partial charge on any atom is -0.361 e. The van der Waals surface area contributed by atoms with Gasteiger partial charge in [-0.2, -0.15) is 5.26 Å². The molecule has 1 unspecified atom stereocenters. The van der Waals surface area contributed by atoms with Crippen LogP contribution < -0.4 is 0 Å². The Morgan fingerprint density at radius 2 is 1.89 bits per heavy atom. The Balaban J connectivity index is 1.22. The van der Waals surface area contributed by atoms with Gasteiger partial charge in [-0.3, -0.25) is 0 Å². The molecule has 0 radical (unpaired) electrons. The number of aromatic nitrogens is 1. The van der Waals surface area contributed by atoms with Crippen molar-refractivity contribution in [1.29, 1.82) is 5.26 Å². The highest BCUT2D eigenvalue weighted by atomic mass is 19.1. The van der Waals surface area contributed by atoms with Gasteiger partial charge in [-0.25, -0.2) is 4.39 Å². The summed E-state index contributed by atoms with van der Waals surface area (Å²) in [5.74, 6) is -0.251. The highest BCUT2D eigenvalue weighted by molar-refractivity contribution is 5.83. The lowest BCUT2D eigenvalue weighted by Gasteiger charge is -2.31. The summed E-state index contributed by atoms with van der Waals surface area (Å²) in [6.07, 6.45) is 5.98. The number of hydrogen-bond acceptors (Lipinski definition) is 3. The van der Waals surface area contributed by atoms with Gasteiger partial charge in [-0.1, -0.05) is 29.8 Å². The van der Waals surface area contributed by atoms with Gasteiger partial charge >= 0.3 is 0 Å². The topological polar surface area (TPSA) is 52.0 Å². The summed E-state index contributed by atoms with van der Waals surface area (Å²) in [5.41, 5.74) is 6.99. The largest absolute Gasteiger partial charge is 0.361 e. The highest BCUT2D eigenvalue weighted by Crippen LogP contribution is 2.45. The van der Waals surface area contributed by atoms with Gasteiger partial charge in [0.15, 0.2) is 0 Å². The Morgan fingerprint density at radius 3 is 2.69 bits per heavy atom. The van der Waals surface area contributed by atoms with Crippen molar-refractivity contribution >= 4 is 10.9 Å². The number of nitriles is 1. The molecular weight excluding hydrogens is 449 g/mol. The Morgan fingerprint density at radius 1 is 1.06 bits per heavy atom. The zero-order chi connectivity index (χ0) is 25.1. The van der Waals surface area contributed by atoms with Crippen LogP contribution in [-0.2, 0) is 23.4 Å². The number of nitrogens with zero attached hydrogens (tertiary/aromatic N) is 2. The molecule has 1 N–H and O–H groups in total. The van der Waals surface area contributed by atoms with Crippen LogP contribution in [0, 0.1) is 24.1 Å². The van der Waals surface area contributed by atoms with Gasteiger partial charge in [0.1, 0.15) is 11.4 Å². The van der Waals surface area contributed by atoms with Crippen LogP contribution in [0.3, 0.4) is 0 Å². The quantitative estimate of drug-likeness (QED) is 0.274. The standard InChI is InChI=1S/C31H32FN3O/c1-22-5-12-30-28(17-22)24(20-34-30)13-16-35(2)15-4-3-14-31(26-7-9-27(32)10-8-26)29-11-6-23(19-33)18-25(29)21-36-31/h5-12,17-18,20,34H,3-4,13-16,21H2,1-2H3. The first kappa shape index (κ1) is 24.2. The van der Waals surface area contributed by atoms with Crippen molar-refractivity contribution in [1.82, 2.24) is 9.88 Å². The average Bonchev–Trinajstić information content (AvgIpc) is 3.47. The summed E-state index contributed by atoms with van der Waals surface area (Å²) < 4.78 is 20.1. The van der Waals surface area contributed by atoms with Gasteiger partial charge in [0, 0.05) is 23.6 Å². The van der Waals surface area contributed by atoms with E-state index < -0.39 is 5.60 Å². The number of hydrogen-bond donors (Lipinski definition) is 1. The summed E-state index contributed by atoms with van der Waals surface area (Å²) in [4.78, 5) is 5.78. The number of rotatable bonds is 9. The Bertz CT molecular complexity index is 1400. The van der Waals surface area contributed by atoms with Crippen LogP contribution in [0.5, 0.6) is 0 Å². The second-order valence-corrected chi connectivity index (χ2v) is 9.98. The normalized spacial score (nSPS) is 17.0. The fourth-order valence-corrected chi connectivity index (χ4v) is 5.44. The van der Waals surface area contributed by atoms with Crippen LogP contribution in [0.15, 0.2) is 66.9 Å². The molecule has 4 nitrogen and oxygen atoms in total. The number of fused-ring (bicyclic) bond motifs is 2. The van der Waals surface area contributed by atoms with Crippen molar-refractivity contribution in [3.05, 3.63) is 106 Å². The summed E-state index contributed by atoms with van der Waals surface area (Å²) >= 11 is 0. The Hall–Kier alpha value is -3.46. The first-order valence-electron chi connectivity index (χ1n) is 12.7. The number of benzene rings is 3. The molecular formula is C31H32FN3O. The minimum atomic E-state index is -0.600. The maximum absolute atomic E-state index is 13.7. The molecule has 4 aromatic rings. The minimum absolute atomic E-state index is 0.251. The van der Waals surface area contributed by atoms with E-state index in [0.717, 1.165) is 55.5 Å². The van der Waals surface area contributed by atoms with Crippen LogP contribution >= 0.6 is 0 Å². The lowest BCUT2D eigenvalue weighted by Crippen LogP contribution is -2.28. The van der Waals surface area contributed by atoms with Crippen LogP contribution in [0.2, 0.25) is 0 Å². The number of H-pyrrole nitrogens is 1. The third kappa shape index (κ3) is 4.80. The SMILES string of the molecule is Cc1ccc2[nH]cc(CCN(C)CCCCC3(c4ccc(F)cc4)OCc4cc(C#N)ccc43)c2c1. The zero-order valence-electron chi connectivity index (χ0n) is 21.0. The number of halogens is 1. The van der Waals surface area contributed by atoms with Gasteiger partial charge in [-0.15, -0.1) is 0 Å². The van der Waals surface area contributed by atoms with Gasteiger partial charge in [0.05, 0.1) is 18.2 Å². The molecule has 2 heterocycles. The van der Waals surface area contributed by atoms with Crippen molar-refractivity contribution in [2.75, 3.05) is 20.1 Å². The molecule has 0 spiro atoms. The first-order chi connectivity index (χ1) is 17.5. The smallest absolute Gasteiger partial charge is 0.123 e. The third-order valence-corrected chi connectivity index (χ3v) is 7.46. The Kier molecular flexibility index (Phi) is 6.91. The molecule has 3 aromatic carbocycles. The molecule has 1 aliphatic rings. The molecule has 5 heteroatoms. The van der Waals surface area contributed by atoms with E-state index in [-0.39, 0.29) is 5.82 Å². The molecule has 184 valence electrons. The molecule has 0 amide bonds. The van der Waals surface area contributed by atoms with Crippen molar-refractivity contribution in [2.24, 2.45) is 0 Å². The van der Waals surface area contributed by atoms with E-state index in [1.807, 2.05) is 30.3 Å². The molecule has 0 bridgehead atoms. The molecule has 36 heavy (non-hydrogen) atoms. The van der Waals surface area contributed by atoms with E-state index in [2.05, 4.69) is 54.3 Å². The van der Waals surface area contributed by atoms with E-state index in [1.165, 1.54) is 34.2 Å². The maximum Gasteiger partial charge on any atom is 0.123 e. The van der Waals surface area contributed by atoms with Crippen LogP contribution in [-0.4, -0.2) is 30.0 Å². The summed E-state index contributed by atoms with van der Waals surface area (Å²) in [6.45, 7) is 4.60. The number of nitrogens with one attached hydrogen (secondary N) is 1. The van der Waals surface area contributed by atoms with Gasteiger partial charge < -0.3 is 14.6 Å². The van der Waals surface area contributed by atoms with Crippen LogP contribution in [0.25, 0.3) is 10.9 Å². The molecule has 1 aliphatic heterocycles.